The van der Waals surface area contributed by atoms with Crippen LogP contribution in [0.2, 0.25) is 0 Å². The van der Waals surface area contributed by atoms with E-state index in [0.29, 0.717) is 12.0 Å². The van der Waals surface area contributed by atoms with Crippen molar-refractivity contribution in [1.29, 1.82) is 0 Å². The molecule has 0 aliphatic rings. The lowest BCUT2D eigenvalue weighted by molar-refractivity contribution is 0.431. The van der Waals surface area contributed by atoms with Crippen molar-refractivity contribution < 1.29 is 0 Å². The van der Waals surface area contributed by atoms with E-state index in [1.54, 1.807) is 0 Å². The normalized spacial score (nSPS) is 14.4. The Kier molecular flexibility index (Phi) is 5.07. The topological polar surface area (TPSA) is 37.8 Å². The van der Waals surface area contributed by atoms with Gasteiger partial charge in [0.15, 0.2) is 0 Å². The molecule has 108 valence electrons. The summed E-state index contributed by atoms with van der Waals surface area (Å²) in [5.41, 5.74) is 4.15. The Morgan fingerprint density at radius 1 is 1.10 bits per heavy atom. The van der Waals surface area contributed by atoms with Crippen LogP contribution in [0.3, 0.4) is 0 Å². The lowest BCUT2D eigenvalue weighted by Gasteiger charge is -2.24. The quantitative estimate of drug-likeness (QED) is 0.868. The SMILES string of the molecule is CCCNC(CC)C(C)c1nc2ccccc2nc1C. The average Bonchev–Trinajstić information content (AvgIpc) is 2.47. The largest absolute Gasteiger partial charge is 0.313 e. The molecule has 2 rings (SSSR count). The van der Waals surface area contributed by atoms with E-state index in [2.05, 4.69) is 33.0 Å². The minimum absolute atomic E-state index is 0.378. The fourth-order valence-electron chi connectivity index (χ4n) is 2.73. The molecule has 2 aromatic rings. The van der Waals surface area contributed by atoms with E-state index in [-0.39, 0.29) is 0 Å². The molecule has 0 radical (unpaired) electrons. The van der Waals surface area contributed by atoms with E-state index in [1.807, 2.05) is 24.3 Å². The van der Waals surface area contributed by atoms with Gasteiger partial charge in [0.2, 0.25) is 0 Å². The highest BCUT2D eigenvalue weighted by Gasteiger charge is 2.20. The van der Waals surface area contributed by atoms with Crippen LogP contribution in [0.25, 0.3) is 11.0 Å². The fourth-order valence-corrected chi connectivity index (χ4v) is 2.73. The summed E-state index contributed by atoms with van der Waals surface area (Å²) in [6.07, 6.45) is 2.26. The number of benzene rings is 1. The number of rotatable bonds is 6. The van der Waals surface area contributed by atoms with E-state index >= 15 is 0 Å². The van der Waals surface area contributed by atoms with Crippen molar-refractivity contribution in [2.75, 3.05) is 6.54 Å². The highest BCUT2D eigenvalue weighted by Crippen LogP contribution is 2.24. The van der Waals surface area contributed by atoms with Crippen LogP contribution >= 0.6 is 0 Å². The fraction of sp³-hybridized carbons (Fsp3) is 0.529. The first-order valence-corrected chi connectivity index (χ1v) is 7.64. The Balaban J connectivity index is 2.32. The highest BCUT2D eigenvalue weighted by atomic mass is 14.9. The first-order chi connectivity index (χ1) is 9.67. The number of aryl methyl sites for hydroxylation is 1. The van der Waals surface area contributed by atoms with E-state index in [0.717, 1.165) is 41.8 Å². The van der Waals surface area contributed by atoms with E-state index in [9.17, 15) is 0 Å². The Morgan fingerprint density at radius 2 is 1.75 bits per heavy atom. The molecule has 1 aromatic heterocycles. The average molecular weight is 271 g/mol. The zero-order valence-corrected chi connectivity index (χ0v) is 13.0. The monoisotopic (exact) mass is 271 g/mol. The smallest absolute Gasteiger partial charge is 0.0890 e. The molecule has 0 aliphatic carbocycles. The van der Waals surface area contributed by atoms with Gasteiger partial charge < -0.3 is 5.32 Å². The number of nitrogens with one attached hydrogen (secondary N) is 1. The maximum absolute atomic E-state index is 4.85. The highest BCUT2D eigenvalue weighted by molar-refractivity contribution is 5.74. The molecule has 0 saturated carbocycles. The van der Waals surface area contributed by atoms with Gasteiger partial charge in [-0.1, -0.05) is 32.9 Å². The lowest BCUT2D eigenvalue weighted by Crippen LogP contribution is -2.34. The predicted molar refractivity (Wildman–Crippen MR) is 85.1 cm³/mol. The van der Waals surface area contributed by atoms with Crippen LogP contribution in [-0.2, 0) is 0 Å². The number of aromatic nitrogens is 2. The van der Waals surface area contributed by atoms with E-state index in [4.69, 9.17) is 9.97 Å². The third-order valence-corrected chi connectivity index (χ3v) is 3.91. The van der Waals surface area contributed by atoms with Gasteiger partial charge in [-0.25, -0.2) is 9.97 Å². The molecule has 0 spiro atoms. The molecule has 1 N–H and O–H groups in total. The van der Waals surface area contributed by atoms with Crippen molar-refractivity contribution in [3.05, 3.63) is 35.7 Å². The minimum Gasteiger partial charge on any atom is -0.313 e. The number of hydrogen-bond acceptors (Lipinski definition) is 3. The molecule has 0 bridgehead atoms. The molecule has 2 atom stereocenters. The van der Waals surface area contributed by atoms with Crippen molar-refractivity contribution in [3.8, 4) is 0 Å². The first kappa shape index (κ1) is 14.9. The van der Waals surface area contributed by atoms with E-state index in [1.165, 1.54) is 0 Å². The van der Waals surface area contributed by atoms with Gasteiger partial charge in [-0.05, 0) is 38.4 Å². The number of para-hydroxylation sites is 2. The molecule has 20 heavy (non-hydrogen) atoms. The van der Waals surface area contributed by atoms with Crippen molar-refractivity contribution in [2.24, 2.45) is 0 Å². The van der Waals surface area contributed by atoms with Gasteiger partial charge >= 0.3 is 0 Å². The van der Waals surface area contributed by atoms with Crippen molar-refractivity contribution in [2.45, 2.75) is 52.5 Å². The molecule has 0 aliphatic heterocycles. The summed E-state index contributed by atoms with van der Waals surface area (Å²) in [4.78, 5) is 9.55. The molecular formula is C17H25N3. The maximum atomic E-state index is 4.85. The van der Waals surface area contributed by atoms with Crippen LogP contribution in [0.5, 0.6) is 0 Å². The van der Waals surface area contributed by atoms with Crippen molar-refractivity contribution in [1.82, 2.24) is 15.3 Å². The van der Waals surface area contributed by atoms with Gasteiger partial charge in [-0.15, -0.1) is 0 Å². The molecule has 3 heteroatoms. The summed E-state index contributed by atoms with van der Waals surface area (Å²) in [6, 6.07) is 8.56. The molecule has 0 fully saturated rings. The zero-order valence-electron chi connectivity index (χ0n) is 13.0. The Bertz CT molecular complexity index is 565. The van der Waals surface area contributed by atoms with Crippen LogP contribution in [0.4, 0.5) is 0 Å². The zero-order chi connectivity index (χ0) is 14.5. The Hall–Kier alpha value is -1.48. The summed E-state index contributed by atoms with van der Waals surface area (Å²) in [7, 11) is 0. The number of fused-ring (bicyclic) bond motifs is 1. The molecular weight excluding hydrogens is 246 g/mol. The molecule has 0 amide bonds. The molecule has 1 heterocycles. The van der Waals surface area contributed by atoms with Gasteiger partial charge in [0.1, 0.15) is 0 Å². The van der Waals surface area contributed by atoms with Crippen molar-refractivity contribution in [3.63, 3.8) is 0 Å². The third-order valence-electron chi connectivity index (χ3n) is 3.91. The number of hydrogen-bond donors (Lipinski definition) is 1. The Labute approximate surface area is 121 Å². The van der Waals surface area contributed by atoms with Crippen LogP contribution in [0.15, 0.2) is 24.3 Å². The lowest BCUT2D eigenvalue weighted by atomic mass is 9.94. The summed E-state index contributed by atoms with van der Waals surface area (Å²) in [5, 5.41) is 3.62. The van der Waals surface area contributed by atoms with Gasteiger partial charge in [-0.2, -0.15) is 0 Å². The van der Waals surface area contributed by atoms with Crippen LogP contribution in [0.1, 0.15) is 50.9 Å². The van der Waals surface area contributed by atoms with E-state index < -0.39 is 0 Å². The summed E-state index contributed by atoms with van der Waals surface area (Å²) in [6.45, 7) is 9.81. The van der Waals surface area contributed by atoms with Gasteiger partial charge in [0.05, 0.1) is 22.4 Å². The summed E-state index contributed by atoms with van der Waals surface area (Å²) >= 11 is 0. The maximum Gasteiger partial charge on any atom is 0.0890 e. The second-order valence-corrected chi connectivity index (χ2v) is 5.44. The predicted octanol–water partition coefficient (Wildman–Crippen LogP) is 3.82. The summed E-state index contributed by atoms with van der Waals surface area (Å²) < 4.78 is 0. The van der Waals surface area contributed by atoms with Gasteiger partial charge in [0, 0.05) is 12.0 Å². The van der Waals surface area contributed by atoms with Crippen LogP contribution in [-0.4, -0.2) is 22.6 Å². The van der Waals surface area contributed by atoms with Crippen molar-refractivity contribution >= 4 is 11.0 Å². The second kappa shape index (κ2) is 6.80. The molecule has 2 unspecified atom stereocenters. The van der Waals surface area contributed by atoms with Gasteiger partial charge in [0.25, 0.3) is 0 Å². The van der Waals surface area contributed by atoms with Crippen LogP contribution < -0.4 is 5.32 Å². The molecule has 0 saturated heterocycles. The summed E-state index contributed by atoms with van der Waals surface area (Å²) in [5.74, 6) is 0.378. The standard InChI is InChI=1S/C17H25N3/c1-5-11-18-14(6-2)12(3)17-13(4)19-15-9-7-8-10-16(15)20-17/h7-10,12,14,18H,5-6,11H2,1-4H3. The molecule has 1 aromatic carbocycles. The second-order valence-electron chi connectivity index (χ2n) is 5.44. The number of nitrogens with zero attached hydrogens (tertiary/aromatic N) is 2. The molecule has 3 nitrogen and oxygen atoms in total. The third kappa shape index (κ3) is 3.15. The first-order valence-electron chi connectivity index (χ1n) is 7.64. The van der Waals surface area contributed by atoms with Gasteiger partial charge in [-0.3, -0.25) is 0 Å². The minimum atomic E-state index is 0.378. The Morgan fingerprint density at radius 3 is 2.35 bits per heavy atom. The van der Waals surface area contributed by atoms with Crippen LogP contribution in [0, 0.1) is 6.92 Å².